The third-order valence-electron chi connectivity index (χ3n) is 2.58. The van der Waals surface area contributed by atoms with Crippen molar-refractivity contribution < 1.29 is 5.11 Å². The molecular formula is C10H13NO. The van der Waals surface area contributed by atoms with Crippen LogP contribution in [-0.4, -0.2) is 10.6 Å². The van der Waals surface area contributed by atoms with Gasteiger partial charge in [-0.15, -0.1) is 0 Å². The van der Waals surface area contributed by atoms with Crippen LogP contribution in [0.15, 0.2) is 24.3 Å². The average molecular weight is 163 g/mol. The number of nitrogens with two attached hydrogens (primary N) is 1. The molecule has 0 aliphatic heterocycles. The van der Waals surface area contributed by atoms with E-state index in [0.717, 1.165) is 6.42 Å². The van der Waals surface area contributed by atoms with E-state index in [-0.39, 0.29) is 5.54 Å². The summed E-state index contributed by atoms with van der Waals surface area (Å²) in [5.74, 6) is 0.802. The molecule has 0 aromatic heterocycles. The van der Waals surface area contributed by atoms with Crippen molar-refractivity contribution in [3.8, 4) is 5.75 Å². The molecular weight excluding hydrogens is 150 g/mol. The van der Waals surface area contributed by atoms with Gasteiger partial charge in [0.05, 0.1) is 0 Å². The van der Waals surface area contributed by atoms with Crippen molar-refractivity contribution in [2.75, 3.05) is 0 Å². The molecule has 2 atom stereocenters. The first-order chi connectivity index (χ1) is 5.59. The topological polar surface area (TPSA) is 46.2 Å². The normalized spacial score (nSPS) is 33.3. The molecule has 0 saturated heterocycles. The van der Waals surface area contributed by atoms with Gasteiger partial charge in [-0.3, -0.25) is 0 Å². The fraction of sp³-hybridized carbons (Fsp3) is 0.400. The van der Waals surface area contributed by atoms with E-state index in [4.69, 9.17) is 10.8 Å². The maximum atomic E-state index is 9.06. The summed E-state index contributed by atoms with van der Waals surface area (Å²) in [7, 11) is 0. The average Bonchev–Trinajstić information content (AvgIpc) is 2.61. The number of hydrogen-bond acceptors (Lipinski definition) is 2. The molecule has 1 aromatic rings. The molecule has 0 bridgehead atoms. The highest BCUT2D eigenvalue weighted by atomic mass is 16.3. The highest BCUT2D eigenvalue weighted by Crippen LogP contribution is 2.48. The van der Waals surface area contributed by atoms with Crippen molar-refractivity contribution in [1.82, 2.24) is 0 Å². The lowest BCUT2D eigenvalue weighted by Gasteiger charge is -2.03. The van der Waals surface area contributed by atoms with Crippen molar-refractivity contribution >= 4 is 0 Å². The van der Waals surface area contributed by atoms with E-state index in [2.05, 4.69) is 6.92 Å². The monoisotopic (exact) mass is 163 g/mol. The Labute approximate surface area is 72.0 Å². The number of phenolic OH excluding ortho intramolecular Hbond substituents is 1. The first-order valence-corrected chi connectivity index (χ1v) is 4.17. The molecule has 0 spiro atoms. The van der Waals surface area contributed by atoms with Gasteiger partial charge in [0, 0.05) is 11.5 Å². The lowest BCUT2D eigenvalue weighted by molar-refractivity contribution is 0.475. The molecule has 64 valence electrons. The second-order valence-corrected chi connectivity index (χ2v) is 3.85. The first-order valence-electron chi connectivity index (χ1n) is 4.17. The molecule has 2 nitrogen and oxygen atoms in total. The smallest absolute Gasteiger partial charge is 0.115 e. The summed E-state index contributed by atoms with van der Waals surface area (Å²) in [5, 5.41) is 9.06. The predicted molar refractivity (Wildman–Crippen MR) is 48.1 cm³/mol. The summed E-state index contributed by atoms with van der Waals surface area (Å²) in [6.45, 7) is 2.06. The Bertz CT molecular complexity index is 289. The third kappa shape index (κ3) is 1.18. The fourth-order valence-electron chi connectivity index (χ4n) is 1.59. The molecule has 2 unspecified atom stereocenters. The van der Waals surface area contributed by atoms with E-state index in [9.17, 15) is 0 Å². The highest BCUT2D eigenvalue weighted by molar-refractivity contribution is 5.35. The van der Waals surface area contributed by atoms with Crippen LogP contribution < -0.4 is 5.73 Å². The van der Waals surface area contributed by atoms with Crippen LogP contribution in [0.1, 0.15) is 24.8 Å². The van der Waals surface area contributed by atoms with E-state index in [0.29, 0.717) is 11.7 Å². The van der Waals surface area contributed by atoms with Crippen LogP contribution in [0.5, 0.6) is 5.75 Å². The summed E-state index contributed by atoms with van der Waals surface area (Å²) in [6.07, 6.45) is 1.05. The SMILES string of the molecule is CC1(N)CC1c1ccc(O)cc1. The van der Waals surface area contributed by atoms with Gasteiger partial charge in [-0.25, -0.2) is 0 Å². The molecule has 1 aromatic carbocycles. The van der Waals surface area contributed by atoms with Gasteiger partial charge in [0.2, 0.25) is 0 Å². The second-order valence-electron chi connectivity index (χ2n) is 3.85. The Morgan fingerprint density at radius 3 is 2.33 bits per heavy atom. The Morgan fingerprint density at radius 1 is 1.42 bits per heavy atom. The Balaban J connectivity index is 2.21. The van der Waals surface area contributed by atoms with E-state index in [1.165, 1.54) is 5.56 Å². The number of hydrogen-bond donors (Lipinski definition) is 2. The molecule has 0 heterocycles. The molecule has 2 heteroatoms. The van der Waals surface area contributed by atoms with Crippen LogP contribution in [-0.2, 0) is 0 Å². The van der Waals surface area contributed by atoms with Crippen LogP contribution in [0.4, 0.5) is 0 Å². The van der Waals surface area contributed by atoms with Crippen LogP contribution in [0, 0.1) is 0 Å². The molecule has 1 saturated carbocycles. The molecule has 3 N–H and O–H groups in total. The van der Waals surface area contributed by atoms with Crippen molar-refractivity contribution in [2.45, 2.75) is 24.8 Å². The maximum Gasteiger partial charge on any atom is 0.115 e. The number of phenols is 1. The van der Waals surface area contributed by atoms with Crippen molar-refractivity contribution in [1.29, 1.82) is 0 Å². The van der Waals surface area contributed by atoms with Gasteiger partial charge in [0.15, 0.2) is 0 Å². The minimum Gasteiger partial charge on any atom is -0.508 e. The van der Waals surface area contributed by atoms with Crippen molar-refractivity contribution in [2.24, 2.45) is 5.73 Å². The first kappa shape index (κ1) is 7.62. The van der Waals surface area contributed by atoms with Crippen molar-refractivity contribution in [3.63, 3.8) is 0 Å². The number of rotatable bonds is 1. The summed E-state index contributed by atoms with van der Waals surface area (Å²) in [5.41, 5.74) is 7.13. The van der Waals surface area contributed by atoms with E-state index in [1.807, 2.05) is 12.1 Å². The third-order valence-corrected chi connectivity index (χ3v) is 2.58. The van der Waals surface area contributed by atoms with Gasteiger partial charge in [-0.1, -0.05) is 12.1 Å². The van der Waals surface area contributed by atoms with Gasteiger partial charge < -0.3 is 10.8 Å². The van der Waals surface area contributed by atoms with E-state index >= 15 is 0 Å². The minimum atomic E-state index is -0.0169. The van der Waals surface area contributed by atoms with Crippen LogP contribution >= 0.6 is 0 Å². The van der Waals surface area contributed by atoms with Gasteiger partial charge >= 0.3 is 0 Å². The molecule has 1 aliphatic rings. The maximum absolute atomic E-state index is 9.06. The summed E-state index contributed by atoms with van der Waals surface area (Å²) >= 11 is 0. The van der Waals surface area contributed by atoms with Gasteiger partial charge in [-0.05, 0) is 31.0 Å². The largest absolute Gasteiger partial charge is 0.508 e. The minimum absolute atomic E-state index is 0.0169. The zero-order valence-electron chi connectivity index (χ0n) is 7.12. The highest BCUT2D eigenvalue weighted by Gasteiger charge is 2.47. The van der Waals surface area contributed by atoms with Gasteiger partial charge in [0.25, 0.3) is 0 Å². The van der Waals surface area contributed by atoms with Gasteiger partial charge in [-0.2, -0.15) is 0 Å². The van der Waals surface area contributed by atoms with E-state index < -0.39 is 0 Å². The van der Waals surface area contributed by atoms with Crippen LogP contribution in [0.2, 0.25) is 0 Å². The lowest BCUT2D eigenvalue weighted by Crippen LogP contribution is -2.18. The Hall–Kier alpha value is -1.02. The fourth-order valence-corrected chi connectivity index (χ4v) is 1.59. The molecule has 1 fully saturated rings. The second kappa shape index (κ2) is 2.23. The van der Waals surface area contributed by atoms with Crippen LogP contribution in [0.3, 0.4) is 0 Å². The zero-order valence-corrected chi connectivity index (χ0v) is 7.12. The predicted octanol–water partition coefficient (Wildman–Crippen LogP) is 1.60. The molecule has 2 rings (SSSR count). The van der Waals surface area contributed by atoms with E-state index in [1.54, 1.807) is 12.1 Å². The summed E-state index contributed by atoms with van der Waals surface area (Å²) in [6, 6.07) is 7.31. The number of benzene rings is 1. The molecule has 0 amide bonds. The van der Waals surface area contributed by atoms with Gasteiger partial charge in [0.1, 0.15) is 5.75 Å². The Kier molecular flexibility index (Phi) is 1.42. The van der Waals surface area contributed by atoms with Crippen LogP contribution in [0.25, 0.3) is 0 Å². The number of aromatic hydroxyl groups is 1. The standard InChI is InChI=1S/C10H13NO/c1-10(11)6-9(10)7-2-4-8(12)5-3-7/h2-5,9,12H,6,11H2,1H3. The molecule has 1 aliphatic carbocycles. The summed E-state index contributed by atoms with van der Waals surface area (Å²) in [4.78, 5) is 0. The molecule has 12 heavy (non-hydrogen) atoms. The zero-order chi connectivity index (χ0) is 8.77. The summed E-state index contributed by atoms with van der Waals surface area (Å²) < 4.78 is 0. The quantitative estimate of drug-likeness (QED) is 0.660. The Morgan fingerprint density at radius 2 is 1.92 bits per heavy atom. The van der Waals surface area contributed by atoms with Crippen molar-refractivity contribution in [3.05, 3.63) is 29.8 Å². The lowest BCUT2D eigenvalue weighted by atomic mass is 10.1. The molecule has 0 radical (unpaired) electrons.